The molecule has 0 radical (unpaired) electrons. The monoisotopic (exact) mass is 1250 g/mol. The molecular weight excluding hydrogens is 1160 g/mol. The molecule has 28 heteroatoms. The van der Waals surface area contributed by atoms with E-state index in [-0.39, 0.29) is 41.6 Å². The molecule has 0 aromatic carbocycles. The lowest BCUT2D eigenvalue weighted by Crippen LogP contribution is -2.46. The normalized spacial score (nSPS) is 18.6. The van der Waals surface area contributed by atoms with Gasteiger partial charge in [0.25, 0.3) is 15.6 Å². The van der Waals surface area contributed by atoms with Crippen LogP contribution in [0.1, 0.15) is 226 Å². The Morgan fingerprint density at radius 3 is 1.75 bits per heavy atom. The van der Waals surface area contributed by atoms with Gasteiger partial charge in [-0.1, -0.05) is 218 Å². The number of carbonyl (C=O) groups excluding carboxylic acids is 3. The molecule has 478 valence electrons. The highest BCUT2D eigenvalue weighted by molar-refractivity contribution is 8.14. The maximum absolute atomic E-state index is 12.7. The number of unbranched alkanes of at least 4 members (excludes halogenated alkanes) is 29. The zero-order chi connectivity index (χ0) is 61.0. The number of allylic oxidation sites excluding steroid dienone is 1. The summed E-state index contributed by atoms with van der Waals surface area (Å²) in [4.78, 5) is 97.2. The van der Waals surface area contributed by atoms with E-state index in [1.54, 1.807) is 6.08 Å². The number of aromatic nitrogens is 4. The van der Waals surface area contributed by atoms with E-state index in [1.165, 1.54) is 187 Å². The van der Waals surface area contributed by atoms with Crippen molar-refractivity contribution in [3.8, 4) is 0 Å². The Kier molecular flexibility index (Phi) is 37.2. The van der Waals surface area contributed by atoms with Gasteiger partial charge in [-0.25, -0.2) is 19.3 Å². The van der Waals surface area contributed by atoms with Crippen LogP contribution in [0.2, 0.25) is 0 Å². The number of nitrogens with two attached hydrogens (primary N) is 1. The number of fused-ring (bicyclic) bond motifs is 1. The van der Waals surface area contributed by atoms with Crippen LogP contribution in [0.5, 0.6) is 0 Å². The Bertz CT molecular complexity index is 2330. The first-order valence-corrected chi connectivity index (χ1v) is 35.6. The van der Waals surface area contributed by atoms with E-state index in [9.17, 15) is 57.9 Å². The van der Waals surface area contributed by atoms with E-state index >= 15 is 0 Å². The standard InChI is InChI=1S/C55H100N7O17P3S/c1-4-5-6-7-8-9-10-11-12-13-14-15-16-17-18-19-20-21-22-23-24-25-26-27-28-29-30-31-32-33-34-35-46(64)83-39-38-57-45(63)36-37-58-53(67)50(66)55(2,3)41-76-82(73,74)79-81(71,72)75-40-44-49(78-80(68,69)70)48(65)54(77-44)62-43-61-47-51(56)59-42-60-52(47)62/h34-35,42-44,48-50,54,65-66H,4-33,36-41H2,1-3H3,(H,57,63)(H,58,67)(H,71,72)(H,73,74)(H2,56,59,60)(H2,68,69,70)/p-4/b35-34+/t44-,48-,49-,50+,54-/m1/s1. The third-order valence-electron chi connectivity index (χ3n) is 14.4. The lowest BCUT2D eigenvalue weighted by atomic mass is 9.87. The molecule has 3 heterocycles. The van der Waals surface area contributed by atoms with Gasteiger partial charge in [0.2, 0.25) is 16.9 Å². The van der Waals surface area contributed by atoms with Gasteiger partial charge >= 0.3 is 0 Å². The minimum Gasteiger partial charge on any atom is -0.790 e. The number of anilines is 1. The van der Waals surface area contributed by atoms with Crippen molar-refractivity contribution in [2.75, 3.05) is 37.8 Å². The number of nitrogens with one attached hydrogen (secondary N) is 2. The number of nitrogen functional groups attached to an aromatic ring is 1. The summed E-state index contributed by atoms with van der Waals surface area (Å²) in [6.45, 7) is 2.42. The molecule has 2 amide bonds. The number of aliphatic hydroxyl groups excluding tert-OH is 2. The SMILES string of the molecule is CCCCCCCCCCCCCCCCCCCCCCCCCCCCCCC/C=C/C(=O)SCCNC(=O)CCNC(=O)[C@H](O)C(C)(C)COP(=O)([O-])OP(=O)([O-])OC[C@H]1O[C@@H](n2cnc3c(N)ncnc32)[C@H](O)[C@@H]1OP(=O)([O-])[O-]. The Labute approximate surface area is 496 Å². The molecule has 2 aromatic rings. The van der Waals surface area contributed by atoms with Gasteiger partial charge in [-0.15, -0.1) is 0 Å². The molecule has 2 unspecified atom stereocenters. The van der Waals surface area contributed by atoms with Crippen LogP contribution in [-0.2, 0) is 50.7 Å². The minimum absolute atomic E-state index is 0.0181. The second kappa shape index (κ2) is 41.5. The average molecular weight is 1250 g/mol. The third kappa shape index (κ3) is 32.7. The molecule has 83 heavy (non-hydrogen) atoms. The van der Waals surface area contributed by atoms with Crippen LogP contribution in [0, 0.1) is 5.41 Å². The number of amides is 2. The molecule has 0 bridgehead atoms. The molecular formula is C55H96N7O17P3S-4. The van der Waals surface area contributed by atoms with Gasteiger partial charge in [0.05, 0.1) is 27.4 Å². The number of carbonyl (C=O) groups is 3. The van der Waals surface area contributed by atoms with Crippen molar-refractivity contribution in [1.29, 1.82) is 0 Å². The number of ether oxygens (including phenoxy) is 1. The summed E-state index contributed by atoms with van der Waals surface area (Å²) in [6, 6.07) is 0. The van der Waals surface area contributed by atoms with Crippen LogP contribution < -0.4 is 35.9 Å². The lowest BCUT2D eigenvalue weighted by molar-refractivity contribution is -0.347. The summed E-state index contributed by atoms with van der Waals surface area (Å²) in [5.74, 6) is -1.19. The summed E-state index contributed by atoms with van der Waals surface area (Å²) in [6.07, 6.45) is 36.3. The van der Waals surface area contributed by atoms with Crippen molar-refractivity contribution in [2.24, 2.45) is 5.41 Å². The van der Waals surface area contributed by atoms with E-state index in [1.807, 2.05) is 6.08 Å². The topological polar surface area (TPSA) is 375 Å². The molecule has 0 spiro atoms. The summed E-state index contributed by atoms with van der Waals surface area (Å²) < 4.78 is 61.0. The summed E-state index contributed by atoms with van der Waals surface area (Å²) >= 11 is 1.07. The van der Waals surface area contributed by atoms with Crippen LogP contribution in [0.4, 0.5) is 5.82 Å². The molecule has 1 saturated heterocycles. The largest absolute Gasteiger partial charge is 0.790 e. The third-order valence-corrected chi connectivity index (χ3v) is 18.3. The average Bonchev–Trinajstić information content (AvgIpc) is 2.22. The van der Waals surface area contributed by atoms with Crippen LogP contribution in [-0.4, -0.2) is 103 Å². The predicted molar refractivity (Wildman–Crippen MR) is 312 cm³/mol. The number of rotatable bonds is 50. The molecule has 1 aliphatic heterocycles. The zero-order valence-electron chi connectivity index (χ0n) is 49.3. The number of thioether (sulfide) groups is 1. The summed E-state index contributed by atoms with van der Waals surface area (Å²) in [5.41, 5.74) is 4.10. The van der Waals surface area contributed by atoms with Crippen LogP contribution >= 0.6 is 35.2 Å². The molecule has 1 fully saturated rings. The first kappa shape index (κ1) is 74.6. The number of phosphoric acid groups is 3. The van der Waals surface area contributed by atoms with Gasteiger partial charge < -0.3 is 69.0 Å². The Balaban J connectivity index is 1.14. The fourth-order valence-corrected chi connectivity index (χ4v) is 12.9. The Morgan fingerprint density at radius 2 is 1.24 bits per heavy atom. The number of nitrogens with zero attached hydrogens (tertiary/aromatic N) is 4. The molecule has 6 N–H and O–H groups in total. The van der Waals surface area contributed by atoms with Crippen LogP contribution in [0.3, 0.4) is 0 Å². The second-order valence-electron chi connectivity index (χ2n) is 22.2. The predicted octanol–water partition coefficient (Wildman–Crippen LogP) is 8.42. The smallest absolute Gasteiger partial charge is 0.274 e. The van der Waals surface area contributed by atoms with Crippen LogP contribution in [0.15, 0.2) is 24.8 Å². The Morgan fingerprint density at radius 1 is 0.747 bits per heavy atom. The number of phosphoric ester groups is 3. The van der Waals surface area contributed by atoms with Crippen molar-refractivity contribution in [3.05, 3.63) is 24.8 Å². The van der Waals surface area contributed by atoms with E-state index in [4.69, 9.17) is 10.5 Å². The van der Waals surface area contributed by atoms with Crippen LogP contribution in [0.25, 0.3) is 11.2 Å². The molecule has 2 aromatic heterocycles. The molecule has 7 atom stereocenters. The van der Waals surface area contributed by atoms with Gasteiger partial charge in [0.15, 0.2) is 17.7 Å². The van der Waals surface area contributed by atoms with E-state index in [2.05, 4.69) is 50.4 Å². The lowest BCUT2D eigenvalue weighted by Gasteiger charge is -2.36. The number of hydrogen-bond donors (Lipinski definition) is 5. The second-order valence-corrected chi connectivity index (χ2v) is 27.4. The van der Waals surface area contributed by atoms with E-state index in [0.29, 0.717) is 5.75 Å². The quantitative estimate of drug-likeness (QED) is 0.0236. The highest BCUT2D eigenvalue weighted by atomic mass is 32.2. The summed E-state index contributed by atoms with van der Waals surface area (Å²) in [5, 5.41) is 26.4. The molecule has 24 nitrogen and oxygen atoms in total. The Hall–Kier alpha value is -2.70. The summed E-state index contributed by atoms with van der Waals surface area (Å²) in [7, 11) is -17.6. The fraction of sp³-hybridized carbons (Fsp3) is 0.818. The maximum atomic E-state index is 12.7. The molecule has 3 rings (SSSR count). The highest BCUT2D eigenvalue weighted by Gasteiger charge is 2.47. The number of imidazole rings is 1. The molecule has 1 aliphatic rings. The molecule has 0 saturated carbocycles. The zero-order valence-corrected chi connectivity index (χ0v) is 52.8. The van der Waals surface area contributed by atoms with Crippen molar-refractivity contribution < 1.29 is 80.5 Å². The van der Waals surface area contributed by atoms with Gasteiger partial charge in [-0.3, -0.25) is 28.1 Å². The van der Waals surface area contributed by atoms with Gasteiger partial charge in [0, 0.05) is 30.7 Å². The van der Waals surface area contributed by atoms with Gasteiger partial charge in [-0.05, 0) is 18.9 Å². The fourth-order valence-electron chi connectivity index (χ4n) is 9.60. The highest BCUT2D eigenvalue weighted by Crippen LogP contribution is 2.56. The van der Waals surface area contributed by atoms with Gasteiger partial charge in [0.1, 0.15) is 36.3 Å². The van der Waals surface area contributed by atoms with Crippen molar-refractivity contribution >= 4 is 69.1 Å². The first-order chi connectivity index (χ1) is 39.6. The van der Waals surface area contributed by atoms with Crippen molar-refractivity contribution in [2.45, 2.75) is 250 Å². The van der Waals surface area contributed by atoms with E-state index in [0.717, 1.165) is 48.2 Å². The number of aliphatic hydroxyl groups is 2. The first-order valence-electron chi connectivity index (χ1n) is 30.2. The van der Waals surface area contributed by atoms with Crippen molar-refractivity contribution in [3.63, 3.8) is 0 Å². The maximum Gasteiger partial charge on any atom is 0.274 e. The van der Waals surface area contributed by atoms with E-state index < -0.39 is 84.6 Å². The number of hydrogen-bond acceptors (Lipinski definition) is 22. The molecule has 0 aliphatic carbocycles. The van der Waals surface area contributed by atoms with Gasteiger partial charge in [-0.2, -0.15) is 0 Å². The van der Waals surface area contributed by atoms with Crippen molar-refractivity contribution in [1.82, 2.24) is 30.2 Å². The minimum atomic E-state index is -5.93.